The second-order valence-corrected chi connectivity index (χ2v) is 4.15. The van der Waals surface area contributed by atoms with Gasteiger partial charge in [0, 0.05) is 23.9 Å². The van der Waals surface area contributed by atoms with Gasteiger partial charge in [-0.15, -0.1) is 0 Å². The number of ketones is 1. The molecular formula is C12H16ClNO. The average molecular weight is 226 g/mol. The molecule has 0 fully saturated rings. The molecule has 0 aliphatic carbocycles. The molecule has 0 amide bonds. The van der Waals surface area contributed by atoms with Gasteiger partial charge in [0.25, 0.3) is 0 Å². The van der Waals surface area contributed by atoms with Crippen molar-refractivity contribution in [1.29, 1.82) is 0 Å². The summed E-state index contributed by atoms with van der Waals surface area (Å²) in [5.74, 6) is 0.187. The Morgan fingerprint density at radius 2 is 2.00 bits per heavy atom. The molecule has 15 heavy (non-hydrogen) atoms. The van der Waals surface area contributed by atoms with Crippen molar-refractivity contribution in [2.45, 2.75) is 32.2 Å². The molecule has 2 N–H and O–H groups in total. The Morgan fingerprint density at radius 3 is 2.53 bits per heavy atom. The standard InChI is InChI=1S/C12H16ClNO/c1-2-11(14)8-12(15)7-9-3-5-10(13)6-4-9/h3-6,11H,2,7-8,14H2,1H3. The quantitative estimate of drug-likeness (QED) is 0.837. The third-order valence-corrected chi connectivity index (χ3v) is 2.58. The number of halogens is 1. The zero-order chi connectivity index (χ0) is 11.3. The Labute approximate surface area is 95.4 Å². The van der Waals surface area contributed by atoms with E-state index in [1.165, 1.54) is 0 Å². The monoisotopic (exact) mass is 225 g/mol. The van der Waals surface area contributed by atoms with Crippen molar-refractivity contribution in [3.63, 3.8) is 0 Å². The predicted molar refractivity (Wildman–Crippen MR) is 63.0 cm³/mol. The Bertz CT molecular complexity index is 321. The largest absolute Gasteiger partial charge is 0.327 e. The molecule has 0 aromatic heterocycles. The van der Waals surface area contributed by atoms with Crippen LogP contribution in [0.1, 0.15) is 25.3 Å². The normalized spacial score (nSPS) is 12.5. The molecule has 0 spiro atoms. The van der Waals surface area contributed by atoms with E-state index in [4.69, 9.17) is 17.3 Å². The molecule has 1 atom stereocenters. The van der Waals surface area contributed by atoms with Crippen LogP contribution in [0.25, 0.3) is 0 Å². The highest BCUT2D eigenvalue weighted by Gasteiger charge is 2.08. The summed E-state index contributed by atoms with van der Waals surface area (Å²) in [5, 5.41) is 0.691. The van der Waals surface area contributed by atoms with E-state index in [2.05, 4.69) is 0 Å². The van der Waals surface area contributed by atoms with Crippen LogP contribution in [0.2, 0.25) is 5.02 Å². The first-order valence-electron chi connectivity index (χ1n) is 5.13. The summed E-state index contributed by atoms with van der Waals surface area (Å²) in [7, 11) is 0. The van der Waals surface area contributed by atoms with E-state index in [-0.39, 0.29) is 11.8 Å². The van der Waals surface area contributed by atoms with Crippen LogP contribution in [-0.4, -0.2) is 11.8 Å². The van der Waals surface area contributed by atoms with Gasteiger partial charge < -0.3 is 5.73 Å². The topological polar surface area (TPSA) is 43.1 Å². The van der Waals surface area contributed by atoms with Gasteiger partial charge in [-0.3, -0.25) is 4.79 Å². The third-order valence-electron chi connectivity index (χ3n) is 2.33. The molecule has 0 aliphatic heterocycles. The summed E-state index contributed by atoms with van der Waals surface area (Å²) in [6, 6.07) is 7.33. The van der Waals surface area contributed by atoms with Crippen molar-refractivity contribution < 1.29 is 4.79 Å². The fourth-order valence-corrected chi connectivity index (χ4v) is 1.46. The number of carbonyl (C=O) groups excluding carboxylic acids is 1. The molecule has 82 valence electrons. The van der Waals surface area contributed by atoms with Gasteiger partial charge in [-0.1, -0.05) is 30.7 Å². The Hall–Kier alpha value is -0.860. The molecule has 0 radical (unpaired) electrons. The van der Waals surface area contributed by atoms with Crippen molar-refractivity contribution in [2.24, 2.45) is 5.73 Å². The van der Waals surface area contributed by atoms with E-state index in [0.717, 1.165) is 12.0 Å². The molecule has 1 aromatic rings. The van der Waals surface area contributed by atoms with Crippen LogP contribution in [0.15, 0.2) is 24.3 Å². The molecule has 1 rings (SSSR count). The number of carbonyl (C=O) groups is 1. The minimum Gasteiger partial charge on any atom is -0.327 e. The van der Waals surface area contributed by atoms with Gasteiger partial charge in [0.15, 0.2) is 0 Å². The molecule has 0 aliphatic rings. The van der Waals surface area contributed by atoms with Gasteiger partial charge in [-0.25, -0.2) is 0 Å². The molecule has 1 unspecified atom stereocenters. The lowest BCUT2D eigenvalue weighted by atomic mass is 10.0. The van der Waals surface area contributed by atoms with E-state index in [1.807, 2.05) is 19.1 Å². The van der Waals surface area contributed by atoms with Crippen molar-refractivity contribution in [3.05, 3.63) is 34.9 Å². The van der Waals surface area contributed by atoms with Gasteiger partial charge >= 0.3 is 0 Å². The lowest BCUT2D eigenvalue weighted by molar-refractivity contribution is -0.118. The minimum atomic E-state index is -0.00944. The lowest BCUT2D eigenvalue weighted by Crippen LogP contribution is -2.23. The van der Waals surface area contributed by atoms with Crippen LogP contribution in [-0.2, 0) is 11.2 Å². The zero-order valence-corrected chi connectivity index (χ0v) is 9.63. The fraction of sp³-hybridized carbons (Fsp3) is 0.417. The number of rotatable bonds is 5. The summed E-state index contributed by atoms with van der Waals surface area (Å²) >= 11 is 5.75. The second-order valence-electron chi connectivity index (χ2n) is 3.71. The molecule has 0 saturated heterocycles. The van der Waals surface area contributed by atoms with Gasteiger partial charge in [-0.2, -0.15) is 0 Å². The SMILES string of the molecule is CCC(N)CC(=O)Cc1ccc(Cl)cc1. The Kier molecular flexibility index (Phi) is 4.79. The number of hydrogen-bond donors (Lipinski definition) is 1. The van der Waals surface area contributed by atoms with Crippen LogP contribution in [0, 0.1) is 0 Å². The lowest BCUT2D eigenvalue weighted by Gasteiger charge is -2.07. The van der Waals surface area contributed by atoms with E-state index in [1.54, 1.807) is 12.1 Å². The maximum atomic E-state index is 11.6. The Morgan fingerprint density at radius 1 is 1.40 bits per heavy atom. The van der Waals surface area contributed by atoms with Crippen molar-refractivity contribution in [3.8, 4) is 0 Å². The average Bonchev–Trinajstić information content (AvgIpc) is 2.21. The van der Waals surface area contributed by atoms with Crippen LogP contribution < -0.4 is 5.73 Å². The Balaban J connectivity index is 2.48. The molecule has 2 nitrogen and oxygen atoms in total. The number of benzene rings is 1. The minimum absolute atomic E-state index is 0.00944. The van der Waals surface area contributed by atoms with Crippen LogP contribution in [0.3, 0.4) is 0 Å². The predicted octanol–water partition coefficient (Wildman–Crippen LogP) is 2.58. The van der Waals surface area contributed by atoms with Gasteiger partial charge in [-0.05, 0) is 24.1 Å². The number of hydrogen-bond acceptors (Lipinski definition) is 2. The van der Waals surface area contributed by atoms with E-state index in [0.29, 0.717) is 17.9 Å². The first-order valence-corrected chi connectivity index (χ1v) is 5.51. The van der Waals surface area contributed by atoms with E-state index in [9.17, 15) is 4.79 Å². The number of Topliss-reactive ketones (excluding diaryl/α,β-unsaturated/α-hetero) is 1. The summed E-state index contributed by atoms with van der Waals surface area (Å²) in [6.07, 6.45) is 1.75. The summed E-state index contributed by atoms with van der Waals surface area (Å²) in [5.41, 5.74) is 6.70. The molecular weight excluding hydrogens is 210 g/mol. The van der Waals surface area contributed by atoms with Crippen LogP contribution in [0.5, 0.6) is 0 Å². The highest BCUT2D eigenvalue weighted by molar-refractivity contribution is 6.30. The second kappa shape index (κ2) is 5.89. The third kappa shape index (κ3) is 4.45. The summed E-state index contributed by atoms with van der Waals surface area (Å²) < 4.78 is 0. The van der Waals surface area contributed by atoms with Gasteiger partial charge in [0.1, 0.15) is 5.78 Å². The fourth-order valence-electron chi connectivity index (χ4n) is 1.34. The molecule has 0 saturated carbocycles. The number of nitrogens with two attached hydrogens (primary N) is 1. The van der Waals surface area contributed by atoms with Gasteiger partial charge in [0.2, 0.25) is 0 Å². The van der Waals surface area contributed by atoms with E-state index < -0.39 is 0 Å². The molecule has 0 heterocycles. The smallest absolute Gasteiger partial charge is 0.138 e. The van der Waals surface area contributed by atoms with Gasteiger partial charge in [0.05, 0.1) is 0 Å². The zero-order valence-electron chi connectivity index (χ0n) is 8.87. The molecule has 3 heteroatoms. The van der Waals surface area contributed by atoms with E-state index >= 15 is 0 Å². The maximum Gasteiger partial charge on any atom is 0.138 e. The van der Waals surface area contributed by atoms with Crippen molar-refractivity contribution in [1.82, 2.24) is 0 Å². The maximum absolute atomic E-state index is 11.6. The van der Waals surface area contributed by atoms with Crippen LogP contribution >= 0.6 is 11.6 Å². The summed E-state index contributed by atoms with van der Waals surface area (Å²) in [6.45, 7) is 1.99. The first-order chi connectivity index (χ1) is 7.11. The molecule has 0 bridgehead atoms. The van der Waals surface area contributed by atoms with Crippen LogP contribution in [0.4, 0.5) is 0 Å². The molecule has 1 aromatic carbocycles. The van der Waals surface area contributed by atoms with Crippen molar-refractivity contribution >= 4 is 17.4 Å². The summed E-state index contributed by atoms with van der Waals surface area (Å²) in [4.78, 5) is 11.6. The van der Waals surface area contributed by atoms with Crippen molar-refractivity contribution in [2.75, 3.05) is 0 Å². The highest BCUT2D eigenvalue weighted by Crippen LogP contribution is 2.11. The highest BCUT2D eigenvalue weighted by atomic mass is 35.5. The first kappa shape index (κ1) is 12.2.